The average Bonchev–Trinajstić information content (AvgIpc) is 2.59. The van der Waals surface area contributed by atoms with E-state index in [-0.39, 0.29) is 0 Å². The summed E-state index contributed by atoms with van der Waals surface area (Å²) in [6.07, 6.45) is 3.65. The van der Waals surface area contributed by atoms with Gasteiger partial charge in [0.15, 0.2) is 0 Å². The molecule has 0 bridgehead atoms. The Morgan fingerprint density at radius 2 is 2.18 bits per heavy atom. The van der Waals surface area contributed by atoms with Crippen molar-refractivity contribution in [1.82, 2.24) is 14.8 Å². The number of nitrogens with two attached hydrogens (primary N) is 1. The molecule has 90 valence electrons. The van der Waals surface area contributed by atoms with Crippen LogP contribution in [0.25, 0.3) is 0 Å². The number of rotatable bonds is 3. The van der Waals surface area contributed by atoms with E-state index in [0.717, 1.165) is 17.1 Å². The predicted octanol–water partition coefficient (Wildman–Crippen LogP) is 2.26. The molecule has 0 aliphatic heterocycles. The Morgan fingerprint density at radius 1 is 1.41 bits per heavy atom. The SMILES string of the molecule is CC(C)c1nn(C)cc1Nc1ccnc(N)c1. The van der Waals surface area contributed by atoms with Crippen molar-refractivity contribution in [3.05, 3.63) is 30.2 Å². The topological polar surface area (TPSA) is 68.8 Å². The van der Waals surface area contributed by atoms with Crippen LogP contribution in [0.5, 0.6) is 0 Å². The minimum absolute atomic E-state index is 0.373. The molecule has 0 aliphatic carbocycles. The highest BCUT2D eigenvalue weighted by molar-refractivity contribution is 5.63. The van der Waals surface area contributed by atoms with Crippen LogP contribution in [0.2, 0.25) is 0 Å². The van der Waals surface area contributed by atoms with Crippen molar-refractivity contribution < 1.29 is 0 Å². The van der Waals surface area contributed by atoms with Gasteiger partial charge in [-0.3, -0.25) is 4.68 Å². The molecule has 0 radical (unpaired) electrons. The lowest BCUT2D eigenvalue weighted by molar-refractivity contribution is 0.713. The molecule has 3 N–H and O–H groups in total. The Hall–Kier alpha value is -2.04. The molecule has 17 heavy (non-hydrogen) atoms. The Bertz CT molecular complexity index is 515. The Morgan fingerprint density at radius 3 is 2.82 bits per heavy atom. The molecular weight excluding hydrogens is 214 g/mol. The van der Waals surface area contributed by atoms with E-state index in [1.54, 1.807) is 12.3 Å². The summed E-state index contributed by atoms with van der Waals surface area (Å²) in [7, 11) is 1.91. The maximum Gasteiger partial charge on any atom is 0.125 e. The number of anilines is 3. The third-order valence-corrected chi connectivity index (χ3v) is 2.46. The van der Waals surface area contributed by atoms with Gasteiger partial charge >= 0.3 is 0 Å². The molecule has 0 fully saturated rings. The van der Waals surface area contributed by atoms with Gasteiger partial charge in [0.2, 0.25) is 0 Å². The lowest BCUT2D eigenvalue weighted by Crippen LogP contribution is -1.97. The van der Waals surface area contributed by atoms with Gasteiger partial charge in [-0.2, -0.15) is 5.10 Å². The molecule has 2 aromatic heterocycles. The zero-order valence-corrected chi connectivity index (χ0v) is 10.3. The van der Waals surface area contributed by atoms with E-state index in [1.807, 2.05) is 24.0 Å². The van der Waals surface area contributed by atoms with Crippen LogP contribution in [0.1, 0.15) is 25.5 Å². The highest BCUT2D eigenvalue weighted by Crippen LogP contribution is 2.25. The Labute approximate surface area is 101 Å². The van der Waals surface area contributed by atoms with Crippen LogP contribution in [-0.2, 0) is 7.05 Å². The molecule has 2 heterocycles. The van der Waals surface area contributed by atoms with Gasteiger partial charge in [0, 0.05) is 31.2 Å². The van der Waals surface area contributed by atoms with Crippen LogP contribution >= 0.6 is 0 Å². The summed E-state index contributed by atoms with van der Waals surface area (Å²) >= 11 is 0. The summed E-state index contributed by atoms with van der Waals surface area (Å²) in [5.74, 6) is 0.878. The molecule has 0 spiro atoms. The van der Waals surface area contributed by atoms with Crippen molar-refractivity contribution in [3.63, 3.8) is 0 Å². The number of nitrogen functional groups attached to an aromatic ring is 1. The summed E-state index contributed by atoms with van der Waals surface area (Å²) in [5.41, 5.74) is 8.62. The van der Waals surface area contributed by atoms with Crippen LogP contribution in [0.15, 0.2) is 24.5 Å². The van der Waals surface area contributed by atoms with E-state index in [0.29, 0.717) is 11.7 Å². The van der Waals surface area contributed by atoms with E-state index in [2.05, 4.69) is 29.2 Å². The smallest absolute Gasteiger partial charge is 0.125 e. The zero-order chi connectivity index (χ0) is 12.4. The van der Waals surface area contributed by atoms with Crippen molar-refractivity contribution >= 4 is 17.2 Å². The standard InChI is InChI=1S/C12H17N5/c1-8(2)12-10(7-17(3)16-12)15-9-4-5-14-11(13)6-9/h4-8H,1-3H3,(H3,13,14,15). The summed E-state index contributed by atoms with van der Waals surface area (Å²) in [4.78, 5) is 3.96. The second-order valence-electron chi connectivity index (χ2n) is 4.35. The van der Waals surface area contributed by atoms with Crippen LogP contribution in [0.3, 0.4) is 0 Å². The lowest BCUT2D eigenvalue weighted by Gasteiger charge is -2.08. The molecule has 0 aliphatic rings. The van der Waals surface area contributed by atoms with Crippen LogP contribution in [0, 0.1) is 0 Å². The number of aromatic nitrogens is 3. The van der Waals surface area contributed by atoms with Crippen molar-refractivity contribution in [3.8, 4) is 0 Å². The predicted molar refractivity (Wildman–Crippen MR) is 69.2 cm³/mol. The molecule has 0 amide bonds. The third kappa shape index (κ3) is 2.55. The quantitative estimate of drug-likeness (QED) is 0.850. The first-order valence-corrected chi connectivity index (χ1v) is 5.58. The fraction of sp³-hybridized carbons (Fsp3) is 0.333. The first-order valence-electron chi connectivity index (χ1n) is 5.58. The summed E-state index contributed by atoms with van der Waals surface area (Å²) in [5, 5.41) is 7.75. The van der Waals surface area contributed by atoms with Gasteiger partial charge < -0.3 is 11.1 Å². The number of nitrogens with one attached hydrogen (secondary N) is 1. The normalized spacial score (nSPS) is 10.8. The molecule has 0 atom stereocenters. The molecule has 5 heteroatoms. The number of hydrogen-bond acceptors (Lipinski definition) is 4. The highest BCUT2D eigenvalue weighted by Gasteiger charge is 2.11. The van der Waals surface area contributed by atoms with Crippen LogP contribution < -0.4 is 11.1 Å². The molecule has 0 unspecified atom stereocenters. The molecule has 2 rings (SSSR count). The second kappa shape index (κ2) is 4.45. The first-order chi connectivity index (χ1) is 8.06. The monoisotopic (exact) mass is 231 g/mol. The zero-order valence-electron chi connectivity index (χ0n) is 10.3. The van der Waals surface area contributed by atoms with Crippen LogP contribution in [0.4, 0.5) is 17.2 Å². The van der Waals surface area contributed by atoms with Crippen molar-refractivity contribution in [2.75, 3.05) is 11.1 Å². The van der Waals surface area contributed by atoms with Crippen LogP contribution in [-0.4, -0.2) is 14.8 Å². The highest BCUT2D eigenvalue weighted by atomic mass is 15.3. The Balaban J connectivity index is 2.29. The largest absolute Gasteiger partial charge is 0.384 e. The van der Waals surface area contributed by atoms with Gasteiger partial charge in [-0.15, -0.1) is 0 Å². The van der Waals surface area contributed by atoms with E-state index in [9.17, 15) is 0 Å². The van der Waals surface area contributed by atoms with Gasteiger partial charge in [0.25, 0.3) is 0 Å². The third-order valence-electron chi connectivity index (χ3n) is 2.46. The molecule has 0 saturated heterocycles. The molecule has 0 aromatic carbocycles. The second-order valence-corrected chi connectivity index (χ2v) is 4.35. The van der Waals surface area contributed by atoms with E-state index in [4.69, 9.17) is 5.73 Å². The molecule has 5 nitrogen and oxygen atoms in total. The van der Waals surface area contributed by atoms with Crippen molar-refractivity contribution in [1.29, 1.82) is 0 Å². The number of nitrogens with zero attached hydrogens (tertiary/aromatic N) is 3. The van der Waals surface area contributed by atoms with E-state index >= 15 is 0 Å². The number of pyridine rings is 1. The lowest BCUT2D eigenvalue weighted by atomic mass is 10.1. The van der Waals surface area contributed by atoms with Gasteiger partial charge in [-0.25, -0.2) is 4.98 Å². The molecule has 2 aromatic rings. The summed E-state index contributed by atoms with van der Waals surface area (Å²) in [6, 6.07) is 3.69. The maximum atomic E-state index is 5.64. The van der Waals surface area contributed by atoms with Gasteiger partial charge in [-0.05, 0) is 12.0 Å². The maximum absolute atomic E-state index is 5.64. The Kier molecular flexibility index (Phi) is 2.99. The number of aryl methyl sites for hydroxylation is 1. The van der Waals surface area contributed by atoms with E-state index in [1.165, 1.54) is 0 Å². The number of hydrogen-bond donors (Lipinski definition) is 2. The van der Waals surface area contributed by atoms with Crippen molar-refractivity contribution in [2.24, 2.45) is 7.05 Å². The minimum Gasteiger partial charge on any atom is -0.384 e. The molecule has 0 saturated carbocycles. The average molecular weight is 231 g/mol. The van der Waals surface area contributed by atoms with Gasteiger partial charge in [-0.1, -0.05) is 13.8 Å². The minimum atomic E-state index is 0.373. The summed E-state index contributed by atoms with van der Waals surface area (Å²) < 4.78 is 1.81. The molecular formula is C12H17N5. The van der Waals surface area contributed by atoms with Gasteiger partial charge in [0.1, 0.15) is 5.82 Å². The first kappa shape index (κ1) is 11.4. The van der Waals surface area contributed by atoms with Crippen molar-refractivity contribution in [2.45, 2.75) is 19.8 Å². The van der Waals surface area contributed by atoms with E-state index < -0.39 is 0 Å². The fourth-order valence-electron chi connectivity index (χ4n) is 1.71. The summed E-state index contributed by atoms with van der Waals surface area (Å²) in [6.45, 7) is 4.24. The fourth-order valence-corrected chi connectivity index (χ4v) is 1.71. The van der Waals surface area contributed by atoms with Gasteiger partial charge in [0.05, 0.1) is 11.4 Å².